The van der Waals surface area contributed by atoms with Gasteiger partial charge in [-0.15, -0.1) is 10.2 Å². The number of hydrogen-bond donors (Lipinski definition) is 2. The highest BCUT2D eigenvalue weighted by Gasteiger charge is 2.14. The van der Waals surface area contributed by atoms with Crippen LogP contribution in [-0.4, -0.2) is 34.8 Å². The van der Waals surface area contributed by atoms with Crippen molar-refractivity contribution in [3.05, 3.63) is 35.7 Å². The normalized spacial score (nSPS) is 12.8. The van der Waals surface area contributed by atoms with E-state index >= 15 is 0 Å². The molecule has 0 aliphatic heterocycles. The van der Waals surface area contributed by atoms with E-state index in [9.17, 15) is 13.2 Å². The molecular weight excluding hydrogens is 350 g/mol. The molecule has 0 aliphatic carbocycles. The molecule has 0 spiro atoms. The molecule has 2 rings (SSSR count). The number of thioether (sulfide) groups is 1. The van der Waals surface area contributed by atoms with E-state index in [0.29, 0.717) is 5.16 Å². The number of hydrogen-bond acceptors (Lipinski definition) is 6. The minimum absolute atomic E-state index is 0.0398. The fraction of sp³-hybridized carbons (Fsp3) is 0.357. The Morgan fingerprint density at radius 3 is 2.46 bits per heavy atom. The third-order valence-electron chi connectivity index (χ3n) is 3.47. The van der Waals surface area contributed by atoms with Crippen LogP contribution in [0.1, 0.15) is 24.4 Å². The molecule has 0 aliphatic rings. The first-order chi connectivity index (χ1) is 11.2. The van der Waals surface area contributed by atoms with Gasteiger partial charge in [-0.2, -0.15) is 0 Å². The maximum Gasteiger partial charge on any atom is 0.238 e. The Kier molecular flexibility index (Phi) is 5.62. The topological polar surface area (TPSA) is 120 Å². The SMILES string of the molecule is Cc1nnc(SCC(=O)N[C@H](C)c2ccc(S(N)(=O)=O)cc2)n1C. The minimum atomic E-state index is -3.72. The lowest BCUT2D eigenvalue weighted by molar-refractivity contribution is -0.119. The number of amides is 1. The van der Waals surface area contributed by atoms with Crippen molar-refractivity contribution in [3.63, 3.8) is 0 Å². The Morgan fingerprint density at radius 2 is 1.96 bits per heavy atom. The number of aryl methyl sites for hydroxylation is 1. The standard InChI is InChI=1S/C14H19N5O3S2/c1-9(11-4-6-12(7-5-11)24(15,21)22)16-13(20)8-23-14-18-17-10(2)19(14)3/h4-7,9H,8H2,1-3H3,(H,16,20)(H2,15,21,22)/t9-/m1/s1. The molecule has 1 atom stereocenters. The van der Waals surface area contributed by atoms with Crippen LogP contribution in [-0.2, 0) is 21.9 Å². The molecule has 0 radical (unpaired) electrons. The maximum atomic E-state index is 12.0. The van der Waals surface area contributed by atoms with Gasteiger partial charge in [0.05, 0.1) is 16.7 Å². The van der Waals surface area contributed by atoms with Crippen LogP contribution >= 0.6 is 11.8 Å². The highest BCUT2D eigenvalue weighted by Crippen LogP contribution is 2.17. The number of nitrogens with zero attached hydrogens (tertiary/aromatic N) is 3. The zero-order valence-corrected chi connectivity index (χ0v) is 15.2. The average Bonchev–Trinajstić information content (AvgIpc) is 2.84. The van der Waals surface area contributed by atoms with E-state index in [2.05, 4.69) is 15.5 Å². The number of nitrogens with two attached hydrogens (primary N) is 1. The Balaban J connectivity index is 1.92. The summed E-state index contributed by atoms with van der Waals surface area (Å²) in [6.07, 6.45) is 0. The molecule has 0 saturated carbocycles. The van der Waals surface area contributed by atoms with Crippen LogP contribution in [0.3, 0.4) is 0 Å². The molecule has 1 heterocycles. The number of rotatable bonds is 6. The first kappa shape index (κ1) is 18.4. The fourth-order valence-corrected chi connectivity index (χ4v) is 3.24. The molecule has 1 aromatic carbocycles. The smallest absolute Gasteiger partial charge is 0.238 e. The van der Waals surface area contributed by atoms with Crippen LogP contribution in [0.4, 0.5) is 0 Å². The van der Waals surface area contributed by atoms with Crippen molar-refractivity contribution < 1.29 is 13.2 Å². The average molecular weight is 369 g/mol. The first-order valence-corrected chi connectivity index (χ1v) is 9.62. The van der Waals surface area contributed by atoms with Gasteiger partial charge in [-0.3, -0.25) is 4.79 Å². The highest BCUT2D eigenvalue weighted by atomic mass is 32.2. The van der Waals surface area contributed by atoms with Gasteiger partial charge in [0, 0.05) is 7.05 Å². The molecule has 2 aromatic rings. The van der Waals surface area contributed by atoms with Gasteiger partial charge in [0.15, 0.2) is 5.16 Å². The summed E-state index contributed by atoms with van der Waals surface area (Å²) < 4.78 is 24.3. The molecule has 10 heteroatoms. The first-order valence-electron chi connectivity index (χ1n) is 7.09. The quantitative estimate of drug-likeness (QED) is 0.725. The maximum absolute atomic E-state index is 12.0. The Hall–Kier alpha value is -1.91. The van der Waals surface area contributed by atoms with Gasteiger partial charge < -0.3 is 9.88 Å². The lowest BCUT2D eigenvalue weighted by Crippen LogP contribution is -2.28. The van der Waals surface area contributed by atoms with Gasteiger partial charge >= 0.3 is 0 Å². The van der Waals surface area contributed by atoms with E-state index in [1.807, 2.05) is 25.5 Å². The van der Waals surface area contributed by atoms with Crippen molar-refractivity contribution in [2.75, 3.05) is 5.75 Å². The second-order valence-corrected chi connectivity index (χ2v) is 7.78. The van der Waals surface area contributed by atoms with E-state index in [1.165, 1.54) is 23.9 Å². The van der Waals surface area contributed by atoms with Crippen LogP contribution in [0.2, 0.25) is 0 Å². The molecule has 0 bridgehead atoms. The van der Waals surface area contributed by atoms with E-state index in [-0.39, 0.29) is 22.6 Å². The van der Waals surface area contributed by atoms with Gasteiger partial charge in [-0.1, -0.05) is 23.9 Å². The van der Waals surface area contributed by atoms with Crippen molar-refractivity contribution in [1.82, 2.24) is 20.1 Å². The molecule has 0 fully saturated rings. The lowest BCUT2D eigenvalue weighted by atomic mass is 10.1. The van der Waals surface area contributed by atoms with Gasteiger partial charge in [-0.25, -0.2) is 13.6 Å². The van der Waals surface area contributed by atoms with Gasteiger partial charge in [0.25, 0.3) is 0 Å². The van der Waals surface area contributed by atoms with Crippen molar-refractivity contribution in [2.24, 2.45) is 12.2 Å². The summed E-state index contributed by atoms with van der Waals surface area (Å²) in [7, 11) is -1.88. The second-order valence-electron chi connectivity index (χ2n) is 5.28. The lowest BCUT2D eigenvalue weighted by Gasteiger charge is -2.14. The zero-order valence-electron chi connectivity index (χ0n) is 13.6. The van der Waals surface area contributed by atoms with E-state index < -0.39 is 10.0 Å². The van der Waals surface area contributed by atoms with Gasteiger partial charge in [0.2, 0.25) is 15.9 Å². The van der Waals surface area contributed by atoms with Crippen LogP contribution in [0.25, 0.3) is 0 Å². The Bertz CT molecular complexity index is 831. The summed E-state index contributed by atoms with van der Waals surface area (Å²) in [4.78, 5) is 12.1. The van der Waals surface area contributed by atoms with Crippen molar-refractivity contribution in [2.45, 2.75) is 29.9 Å². The third kappa shape index (κ3) is 4.56. The minimum Gasteiger partial charge on any atom is -0.349 e. The third-order valence-corrected chi connectivity index (χ3v) is 5.42. The van der Waals surface area contributed by atoms with Gasteiger partial charge in [-0.05, 0) is 31.5 Å². The molecule has 3 N–H and O–H groups in total. The van der Waals surface area contributed by atoms with Gasteiger partial charge in [0.1, 0.15) is 5.82 Å². The van der Waals surface area contributed by atoms with E-state index in [1.54, 1.807) is 12.1 Å². The number of carbonyl (C=O) groups excluding carboxylic acids is 1. The summed E-state index contributed by atoms with van der Waals surface area (Å²) in [6, 6.07) is 5.84. The largest absolute Gasteiger partial charge is 0.349 e. The second kappa shape index (κ2) is 7.32. The molecule has 1 aromatic heterocycles. The molecule has 0 unspecified atom stereocenters. The fourth-order valence-electron chi connectivity index (χ4n) is 1.96. The predicted molar refractivity (Wildman–Crippen MR) is 90.8 cm³/mol. The summed E-state index contributed by atoms with van der Waals surface area (Å²) >= 11 is 1.30. The van der Waals surface area contributed by atoms with Crippen LogP contribution in [0.15, 0.2) is 34.3 Å². The van der Waals surface area contributed by atoms with Crippen LogP contribution in [0, 0.1) is 6.92 Å². The van der Waals surface area contributed by atoms with Crippen molar-refractivity contribution in [1.29, 1.82) is 0 Å². The number of aromatic nitrogens is 3. The molecule has 24 heavy (non-hydrogen) atoms. The zero-order chi connectivity index (χ0) is 17.9. The molecule has 8 nitrogen and oxygen atoms in total. The molecule has 1 amide bonds. The van der Waals surface area contributed by atoms with E-state index in [4.69, 9.17) is 5.14 Å². The van der Waals surface area contributed by atoms with Crippen molar-refractivity contribution >= 4 is 27.7 Å². The summed E-state index contributed by atoms with van der Waals surface area (Å²) in [5, 5.41) is 16.5. The van der Waals surface area contributed by atoms with Crippen LogP contribution < -0.4 is 10.5 Å². The number of benzene rings is 1. The molecule has 0 saturated heterocycles. The summed E-state index contributed by atoms with van der Waals surface area (Å²) in [5.41, 5.74) is 0.787. The van der Waals surface area contributed by atoms with Crippen molar-refractivity contribution in [3.8, 4) is 0 Å². The Morgan fingerprint density at radius 1 is 1.33 bits per heavy atom. The number of primary sulfonamides is 1. The highest BCUT2D eigenvalue weighted by molar-refractivity contribution is 7.99. The number of carbonyl (C=O) groups is 1. The predicted octanol–water partition coefficient (Wildman–Crippen LogP) is 0.740. The number of nitrogens with one attached hydrogen (secondary N) is 1. The monoisotopic (exact) mass is 369 g/mol. The molecular formula is C14H19N5O3S2. The van der Waals surface area contributed by atoms with E-state index in [0.717, 1.165) is 11.4 Å². The summed E-state index contributed by atoms with van der Waals surface area (Å²) in [5.74, 6) is 0.843. The number of sulfonamides is 1. The molecule has 130 valence electrons. The Labute approximate surface area is 144 Å². The summed E-state index contributed by atoms with van der Waals surface area (Å²) in [6.45, 7) is 3.66. The van der Waals surface area contributed by atoms with Crippen LogP contribution in [0.5, 0.6) is 0 Å².